The molecule has 4 aliphatic rings. The number of rotatable bonds is 3. The van der Waals surface area contributed by atoms with Crippen molar-refractivity contribution in [3.63, 3.8) is 0 Å². The molecule has 0 bridgehead atoms. The van der Waals surface area contributed by atoms with E-state index in [-0.39, 0.29) is 17.1 Å². The maximum Gasteiger partial charge on any atom is 0.233 e. The maximum atomic E-state index is 15.2. The topological polar surface area (TPSA) is 38.8 Å². The molecule has 0 aromatic heterocycles. The molecular formula is C24H35FN4O. The Labute approximate surface area is 179 Å². The molecule has 0 aliphatic carbocycles. The summed E-state index contributed by atoms with van der Waals surface area (Å²) in [6.07, 6.45) is 7.66. The van der Waals surface area contributed by atoms with Crippen LogP contribution in [0.1, 0.15) is 51.9 Å². The fraction of sp³-hybridized carbons (Fsp3) is 0.708. The van der Waals surface area contributed by atoms with Gasteiger partial charge in [-0.25, -0.2) is 4.39 Å². The zero-order valence-electron chi connectivity index (χ0n) is 18.2. The fourth-order valence-corrected chi connectivity index (χ4v) is 6.24. The zero-order chi connectivity index (χ0) is 20.7. The molecule has 5 nitrogen and oxygen atoms in total. The van der Waals surface area contributed by atoms with E-state index in [0.717, 1.165) is 57.5 Å². The predicted octanol–water partition coefficient (Wildman–Crippen LogP) is 3.39. The van der Waals surface area contributed by atoms with Gasteiger partial charge in [0.05, 0.1) is 11.1 Å². The summed E-state index contributed by atoms with van der Waals surface area (Å²) in [4.78, 5) is 19.8. The second-order valence-electron chi connectivity index (χ2n) is 9.84. The van der Waals surface area contributed by atoms with Crippen LogP contribution in [0.5, 0.6) is 0 Å². The molecule has 1 amide bonds. The summed E-state index contributed by atoms with van der Waals surface area (Å²) in [5, 5.41) is 3.34. The number of benzene rings is 1. The standard InChI is InChI=1S/C24H35FN4O/c1-18-4-2-3-13-28(18)20-7-14-27(17-20)19-5-6-22(21(25)16-19)29-15-10-24(23(29)30)8-11-26-12-9-24/h5-6,16,18,20,26H,2-4,7-15,17H2,1H3/t18-,20?/m0/s1. The number of nitrogens with one attached hydrogen (secondary N) is 1. The zero-order valence-corrected chi connectivity index (χ0v) is 18.2. The normalized spacial score (nSPS) is 29.9. The minimum absolute atomic E-state index is 0.121. The van der Waals surface area contributed by atoms with Gasteiger partial charge in [-0.05, 0) is 83.3 Å². The van der Waals surface area contributed by atoms with E-state index in [1.807, 2.05) is 12.1 Å². The van der Waals surface area contributed by atoms with Crippen molar-refractivity contribution in [2.24, 2.45) is 5.41 Å². The van der Waals surface area contributed by atoms with E-state index in [4.69, 9.17) is 0 Å². The second-order valence-corrected chi connectivity index (χ2v) is 9.84. The molecule has 164 valence electrons. The maximum absolute atomic E-state index is 15.2. The average Bonchev–Trinajstić information content (AvgIpc) is 3.36. The quantitative estimate of drug-likeness (QED) is 0.823. The Hall–Kier alpha value is -1.66. The second kappa shape index (κ2) is 8.12. The van der Waals surface area contributed by atoms with Crippen molar-refractivity contribution in [1.82, 2.24) is 10.2 Å². The van der Waals surface area contributed by atoms with Gasteiger partial charge in [0.15, 0.2) is 0 Å². The number of hydrogen-bond acceptors (Lipinski definition) is 4. The molecule has 4 saturated heterocycles. The van der Waals surface area contributed by atoms with Crippen molar-refractivity contribution in [2.45, 2.75) is 64.0 Å². The lowest BCUT2D eigenvalue weighted by molar-refractivity contribution is -0.126. The van der Waals surface area contributed by atoms with Crippen molar-refractivity contribution in [2.75, 3.05) is 49.1 Å². The summed E-state index contributed by atoms with van der Waals surface area (Å²) in [5.74, 6) is -0.141. The summed E-state index contributed by atoms with van der Waals surface area (Å²) in [6, 6.07) is 6.73. The molecule has 2 atom stereocenters. The monoisotopic (exact) mass is 414 g/mol. The Kier molecular flexibility index (Phi) is 5.48. The van der Waals surface area contributed by atoms with Crippen molar-refractivity contribution in [3.05, 3.63) is 24.0 Å². The van der Waals surface area contributed by atoms with E-state index >= 15 is 4.39 Å². The van der Waals surface area contributed by atoms with Crippen molar-refractivity contribution in [3.8, 4) is 0 Å². The van der Waals surface area contributed by atoms with Gasteiger partial charge in [0, 0.05) is 37.4 Å². The highest BCUT2D eigenvalue weighted by molar-refractivity contribution is 6.00. The van der Waals surface area contributed by atoms with Gasteiger partial charge >= 0.3 is 0 Å². The summed E-state index contributed by atoms with van der Waals surface area (Å²) in [6.45, 7) is 7.89. The lowest BCUT2D eigenvalue weighted by Gasteiger charge is -2.38. The molecule has 30 heavy (non-hydrogen) atoms. The SMILES string of the molecule is C[C@H]1CCCCN1C1CCN(c2ccc(N3CCC4(CCNCC4)C3=O)c(F)c2)C1. The molecule has 1 spiro atoms. The first-order valence-electron chi connectivity index (χ1n) is 11.9. The number of nitrogens with zero attached hydrogens (tertiary/aromatic N) is 3. The number of anilines is 2. The van der Waals surface area contributed by atoms with Gasteiger partial charge in [-0.1, -0.05) is 6.42 Å². The van der Waals surface area contributed by atoms with E-state index in [1.54, 1.807) is 11.0 Å². The summed E-state index contributed by atoms with van der Waals surface area (Å²) in [7, 11) is 0. The van der Waals surface area contributed by atoms with Crippen LogP contribution in [-0.2, 0) is 4.79 Å². The van der Waals surface area contributed by atoms with Crippen LogP contribution in [-0.4, -0.2) is 62.2 Å². The average molecular weight is 415 g/mol. The van der Waals surface area contributed by atoms with E-state index < -0.39 is 0 Å². The number of likely N-dealkylation sites (tertiary alicyclic amines) is 1. The molecule has 1 aromatic carbocycles. The number of halogens is 1. The first-order valence-corrected chi connectivity index (χ1v) is 11.9. The smallest absolute Gasteiger partial charge is 0.233 e. The first-order chi connectivity index (χ1) is 14.6. The van der Waals surface area contributed by atoms with Crippen LogP contribution in [0.15, 0.2) is 18.2 Å². The summed E-state index contributed by atoms with van der Waals surface area (Å²) in [5.41, 5.74) is 1.13. The highest BCUT2D eigenvalue weighted by Gasteiger charge is 2.47. The third kappa shape index (κ3) is 3.52. The van der Waals surface area contributed by atoms with Gasteiger partial charge < -0.3 is 15.1 Å². The van der Waals surface area contributed by atoms with Crippen LogP contribution in [0.2, 0.25) is 0 Å². The van der Waals surface area contributed by atoms with Gasteiger partial charge in [-0.2, -0.15) is 0 Å². The summed E-state index contributed by atoms with van der Waals surface area (Å²) < 4.78 is 15.2. The van der Waals surface area contributed by atoms with Crippen LogP contribution < -0.4 is 15.1 Å². The number of hydrogen-bond donors (Lipinski definition) is 1. The molecule has 4 aliphatic heterocycles. The molecule has 0 radical (unpaired) electrons. The Morgan fingerprint density at radius 2 is 1.90 bits per heavy atom. The van der Waals surface area contributed by atoms with Gasteiger partial charge in [0.2, 0.25) is 5.91 Å². The van der Waals surface area contributed by atoms with Gasteiger partial charge in [0.1, 0.15) is 5.82 Å². The van der Waals surface area contributed by atoms with Crippen LogP contribution in [0.3, 0.4) is 0 Å². The molecule has 1 aromatic rings. The van der Waals surface area contributed by atoms with E-state index in [0.29, 0.717) is 24.3 Å². The van der Waals surface area contributed by atoms with E-state index in [2.05, 4.69) is 22.0 Å². The fourth-order valence-electron chi connectivity index (χ4n) is 6.24. The van der Waals surface area contributed by atoms with Crippen molar-refractivity contribution >= 4 is 17.3 Å². The lowest BCUT2D eigenvalue weighted by atomic mass is 9.78. The molecule has 1 unspecified atom stereocenters. The minimum Gasteiger partial charge on any atom is -0.370 e. The number of piperidine rings is 2. The summed E-state index contributed by atoms with van der Waals surface area (Å²) >= 11 is 0. The third-order valence-electron chi connectivity index (χ3n) is 8.15. The van der Waals surface area contributed by atoms with Crippen LogP contribution in [0.25, 0.3) is 0 Å². The third-order valence-corrected chi connectivity index (χ3v) is 8.15. The van der Waals surface area contributed by atoms with Crippen LogP contribution in [0, 0.1) is 11.2 Å². The number of amides is 1. The molecular weight excluding hydrogens is 379 g/mol. The Morgan fingerprint density at radius 1 is 1.07 bits per heavy atom. The predicted molar refractivity (Wildman–Crippen MR) is 119 cm³/mol. The van der Waals surface area contributed by atoms with E-state index in [1.165, 1.54) is 25.8 Å². The number of carbonyl (C=O) groups excluding carboxylic acids is 1. The van der Waals surface area contributed by atoms with Crippen molar-refractivity contribution < 1.29 is 9.18 Å². The molecule has 5 rings (SSSR count). The first kappa shape index (κ1) is 20.3. The Balaban J connectivity index is 1.28. The lowest BCUT2D eigenvalue weighted by Crippen LogP contribution is -2.46. The number of carbonyl (C=O) groups is 1. The Bertz CT molecular complexity index is 793. The van der Waals surface area contributed by atoms with Crippen LogP contribution >= 0.6 is 0 Å². The molecule has 0 saturated carbocycles. The van der Waals surface area contributed by atoms with Gasteiger partial charge in [0.25, 0.3) is 0 Å². The highest BCUT2D eigenvalue weighted by atomic mass is 19.1. The molecule has 4 fully saturated rings. The van der Waals surface area contributed by atoms with Crippen molar-refractivity contribution in [1.29, 1.82) is 0 Å². The molecule has 6 heteroatoms. The minimum atomic E-state index is -0.274. The largest absolute Gasteiger partial charge is 0.370 e. The van der Waals surface area contributed by atoms with Gasteiger partial charge in [-0.3, -0.25) is 9.69 Å². The van der Waals surface area contributed by atoms with E-state index in [9.17, 15) is 4.79 Å². The molecule has 1 N–H and O–H groups in total. The molecule has 4 heterocycles. The Morgan fingerprint density at radius 3 is 2.67 bits per heavy atom. The van der Waals surface area contributed by atoms with Crippen LogP contribution in [0.4, 0.5) is 15.8 Å². The van der Waals surface area contributed by atoms with Gasteiger partial charge in [-0.15, -0.1) is 0 Å². The highest BCUT2D eigenvalue weighted by Crippen LogP contribution is 2.42.